The van der Waals surface area contributed by atoms with Crippen LogP contribution < -0.4 is 15.4 Å². The fourth-order valence-corrected chi connectivity index (χ4v) is 4.23. The van der Waals surface area contributed by atoms with Crippen molar-refractivity contribution in [3.8, 4) is 5.75 Å². The molecule has 0 saturated carbocycles. The molecule has 4 rings (SSSR count). The second-order valence-electron chi connectivity index (χ2n) is 10.2. The van der Waals surface area contributed by atoms with Crippen molar-refractivity contribution in [2.45, 2.75) is 58.5 Å². The van der Waals surface area contributed by atoms with Gasteiger partial charge in [0.15, 0.2) is 0 Å². The third-order valence-electron chi connectivity index (χ3n) is 6.03. The number of hydrogen-bond donors (Lipinski definition) is 2. The van der Waals surface area contributed by atoms with Crippen LogP contribution >= 0.6 is 0 Å². The highest BCUT2D eigenvalue weighted by molar-refractivity contribution is 6.24. The summed E-state index contributed by atoms with van der Waals surface area (Å²) in [6.45, 7) is 6.54. The Hall–Kier alpha value is -4.25. The lowest BCUT2D eigenvalue weighted by Gasteiger charge is -2.27. The molecular weight excluding hydrogens is 506 g/mol. The number of carbonyl (C=O) groups excluding carboxylic acids is 5. The average Bonchev–Trinajstić information content (AvgIpc) is 3.12. The number of alkyl carbamates (subject to hydrolysis) is 1. The normalized spacial score (nSPS) is 17.1. The van der Waals surface area contributed by atoms with Crippen LogP contribution in [0.1, 0.15) is 65.5 Å². The van der Waals surface area contributed by atoms with Crippen LogP contribution in [0.3, 0.4) is 0 Å². The van der Waals surface area contributed by atoms with Crippen molar-refractivity contribution < 1.29 is 38.2 Å². The molecule has 2 aromatic carbocycles. The Morgan fingerprint density at radius 1 is 1.00 bits per heavy atom. The summed E-state index contributed by atoms with van der Waals surface area (Å²) >= 11 is 0. The summed E-state index contributed by atoms with van der Waals surface area (Å²) in [6.07, 6.45) is -0.353. The largest absolute Gasteiger partial charge is 0.488 e. The van der Waals surface area contributed by atoms with Gasteiger partial charge in [-0.1, -0.05) is 30.3 Å². The first-order chi connectivity index (χ1) is 18.5. The maximum absolute atomic E-state index is 13.2. The molecule has 0 spiro atoms. The number of benzene rings is 2. The quantitative estimate of drug-likeness (QED) is 0.368. The maximum atomic E-state index is 13.2. The number of nitrogens with zero attached hydrogens (tertiary/aromatic N) is 1. The van der Waals surface area contributed by atoms with Crippen LogP contribution in [0.15, 0.2) is 42.5 Å². The molecule has 5 amide bonds. The van der Waals surface area contributed by atoms with Crippen LogP contribution in [0.25, 0.3) is 0 Å². The molecule has 1 atom stereocenters. The van der Waals surface area contributed by atoms with Crippen molar-refractivity contribution in [1.29, 1.82) is 0 Å². The number of carbonyl (C=O) groups is 5. The second-order valence-corrected chi connectivity index (χ2v) is 10.2. The monoisotopic (exact) mass is 537 g/mol. The molecule has 2 heterocycles. The number of nitrogens with one attached hydrogen (secondary N) is 2. The van der Waals surface area contributed by atoms with Gasteiger partial charge in [-0.25, -0.2) is 4.79 Å². The predicted molar refractivity (Wildman–Crippen MR) is 138 cm³/mol. The lowest BCUT2D eigenvalue weighted by molar-refractivity contribution is -0.136. The zero-order chi connectivity index (χ0) is 28.2. The minimum atomic E-state index is -1.04. The first kappa shape index (κ1) is 27.8. The number of hydrogen-bond acceptors (Lipinski definition) is 8. The van der Waals surface area contributed by atoms with E-state index in [1.807, 2.05) is 24.3 Å². The Balaban J connectivity index is 1.29. The van der Waals surface area contributed by atoms with Gasteiger partial charge in [-0.05, 0) is 50.5 Å². The number of ether oxygens (including phenoxy) is 3. The van der Waals surface area contributed by atoms with Gasteiger partial charge in [0.25, 0.3) is 11.8 Å². The van der Waals surface area contributed by atoms with E-state index >= 15 is 0 Å². The Labute approximate surface area is 225 Å². The van der Waals surface area contributed by atoms with Crippen molar-refractivity contribution in [3.63, 3.8) is 0 Å². The number of amides is 5. The van der Waals surface area contributed by atoms with Crippen molar-refractivity contribution in [3.05, 3.63) is 64.7 Å². The van der Waals surface area contributed by atoms with E-state index in [2.05, 4.69) is 10.6 Å². The summed E-state index contributed by atoms with van der Waals surface area (Å²) in [6, 6.07) is 11.2. The van der Waals surface area contributed by atoms with Gasteiger partial charge in [0.05, 0.1) is 24.3 Å². The van der Waals surface area contributed by atoms with Gasteiger partial charge >= 0.3 is 6.09 Å². The smallest absolute Gasteiger partial charge is 0.407 e. The Bertz CT molecular complexity index is 1280. The highest BCUT2D eigenvalue weighted by Gasteiger charge is 2.46. The van der Waals surface area contributed by atoms with E-state index < -0.39 is 41.4 Å². The Kier molecular flexibility index (Phi) is 8.29. The van der Waals surface area contributed by atoms with E-state index in [1.165, 1.54) is 6.07 Å². The number of fused-ring (bicyclic) bond motifs is 1. The van der Waals surface area contributed by atoms with Crippen molar-refractivity contribution in [2.75, 3.05) is 13.2 Å². The molecule has 206 valence electrons. The zero-order valence-corrected chi connectivity index (χ0v) is 22.1. The predicted octanol–water partition coefficient (Wildman–Crippen LogP) is 2.71. The van der Waals surface area contributed by atoms with Gasteiger partial charge in [0.2, 0.25) is 11.8 Å². The molecule has 0 bridgehead atoms. The van der Waals surface area contributed by atoms with E-state index in [0.29, 0.717) is 19.8 Å². The van der Waals surface area contributed by atoms with Gasteiger partial charge in [0, 0.05) is 13.0 Å². The first-order valence-corrected chi connectivity index (χ1v) is 12.6. The molecular formula is C28H31N3O8. The molecule has 2 aliphatic heterocycles. The highest BCUT2D eigenvalue weighted by atomic mass is 16.6. The zero-order valence-electron chi connectivity index (χ0n) is 22.1. The minimum absolute atomic E-state index is 0.0528. The Morgan fingerprint density at radius 2 is 1.69 bits per heavy atom. The summed E-state index contributed by atoms with van der Waals surface area (Å²) in [5.41, 5.74) is 1.48. The molecule has 1 fully saturated rings. The van der Waals surface area contributed by atoms with Crippen LogP contribution in [0.5, 0.6) is 5.75 Å². The summed E-state index contributed by atoms with van der Waals surface area (Å²) < 4.78 is 16.7. The third-order valence-corrected chi connectivity index (χ3v) is 6.03. The molecule has 0 radical (unpaired) electrons. The average molecular weight is 538 g/mol. The van der Waals surface area contributed by atoms with Crippen LogP contribution in [0.4, 0.5) is 4.79 Å². The lowest BCUT2D eigenvalue weighted by atomic mass is 10.0. The molecule has 1 unspecified atom stereocenters. The molecule has 0 aliphatic carbocycles. The van der Waals surface area contributed by atoms with Crippen molar-refractivity contribution in [1.82, 2.24) is 15.5 Å². The molecule has 2 aliphatic rings. The Morgan fingerprint density at radius 3 is 2.36 bits per heavy atom. The number of piperidine rings is 1. The molecule has 11 heteroatoms. The third kappa shape index (κ3) is 6.80. The van der Waals surface area contributed by atoms with Crippen LogP contribution in [-0.4, -0.2) is 59.4 Å². The topological polar surface area (TPSA) is 140 Å². The number of imide groups is 2. The molecule has 39 heavy (non-hydrogen) atoms. The molecule has 0 aromatic heterocycles. The first-order valence-electron chi connectivity index (χ1n) is 12.6. The van der Waals surface area contributed by atoms with E-state index in [-0.39, 0.29) is 36.3 Å². The van der Waals surface area contributed by atoms with E-state index in [4.69, 9.17) is 14.2 Å². The van der Waals surface area contributed by atoms with E-state index in [9.17, 15) is 24.0 Å². The summed E-state index contributed by atoms with van der Waals surface area (Å²) in [4.78, 5) is 62.5. The second kappa shape index (κ2) is 11.6. The molecule has 1 saturated heterocycles. The summed E-state index contributed by atoms with van der Waals surface area (Å²) in [5.74, 6) is -2.05. The minimum Gasteiger partial charge on any atom is -0.488 e. The molecule has 11 nitrogen and oxygen atoms in total. The van der Waals surface area contributed by atoms with Crippen molar-refractivity contribution in [2.24, 2.45) is 0 Å². The van der Waals surface area contributed by atoms with Gasteiger partial charge in [0.1, 0.15) is 24.0 Å². The van der Waals surface area contributed by atoms with Crippen LogP contribution in [0, 0.1) is 0 Å². The van der Waals surface area contributed by atoms with Crippen molar-refractivity contribution >= 4 is 29.7 Å². The van der Waals surface area contributed by atoms with Gasteiger partial charge in [-0.3, -0.25) is 29.4 Å². The van der Waals surface area contributed by atoms with E-state index in [1.54, 1.807) is 32.9 Å². The fraction of sp³-hybridized carbons (Fsp3) is 0.393. The summed E-state index contributed by atoms with van der Waals surface area (Å²) in [5, 5.41) is 4.82. The standard InChI is InChI=1S/C28H31N3O8/c1-28(2,3)39-27(36)29-13-14-37-15-17-7-9-18(10-8-17)16-38-21-6-4-5-19-23(21)26(35)31(25(19)34)20-11-12-22(32)30-24(20)33/h4-10,20H,11-16H2,1-3H3,(H,29,36)(H,30,32,33). The van der Waals surface area contributed by atoms with Gasteiger partial charge < -0.3 is 19.5 Å². The SMILES string of the molecule is CC(C)(C)OC(=O)NCCOCc1ccc(COc2cccc3c2C(=O)N(C2CCC(=O)NC2=O)C3=O)cc1. The van der Waals surface area contributed by atoms with E-state index in [0.717, 1.165) is 16.0 Å². The van der Waals surface area contributed by atoms with Gasteiger partial charge in [-0.2, -0.15) is 0 Å². The summed E-state index contributed by atoms with van der Waals surface area (Å²) in [7, 11) is 0. The van der Waals surface area contributed by atoms with Gasteiger partial charge in [-0.15, -0.1) is 0 Å². The fourth-order valence-electron chi connectivity index (χ4n) is 4.23. The number of rotatable bonds is 9. The lowest BCUT2D eigenvalue weighted by Crippen LogP contribution is -2.54. The maximum Gasteiger partial charge on any atom is 0.407 e. The molecule has 2 aromatic rings. The highest BCUT2D eigenvalue weighted by Crippen LogP contribution is 2.34. The molecule has 2 N–H and O–H groups in total. The van der Waals surface area contributed by atoms with Crippen LogP contribution in [0.2, 0.25) is 0 Å². The van der Waals surface area contributed by atoms with Crippen LogP contribution in [-0.2, 0) is 32.3 Å².